The van der Waals surface area contributed by atoms with Crippen LogP contribution in [0.5, 0.6) is 0 Å². The zero-order chi connectivity index (χ0) is 13.5. The monoisotopic (exact) mass is 316 g/mol. The third kappa shape index (κ3) is 4.29. The summed E-state index contributed by atoms with van der Waals surface area (Å²) in [5.74, 6) is -0.151. The minimum absolute atomic E-state index is 0.0176. The fourth-order valence-corrected chi connectivity index (χ4v) is 1.75. The average Bonchev–Trinajstić information content (AvgIpc) is 2.36. The van der Waals surface area contributed by atoms with Crippen LogP contribution in [0.2, 0.25) is 0 Å². The zero-order valence-electron chi connectivity index (χ0n) is 10.2. The highest BCUT2D eigenvalue weighted by Gasteiger charge is 2.14. The van der Waals surface area contributed by atoms with Crippen LogP contribution in [0.25, 0.3) is 0 Å². The Morgan fingerprint density at radius 2 is 2.22 bits per heavy atom. The fraction of sp³-hybridized carbons (Fsp3) is 0.417. The Morgan fingerprint density at radius 1 is 1.50 bits per heavy atom. The molecular weight excluding hydrogens is 300 g/mol. The van der Waals surface area contributed by atoms with Crippen molar-refractivity contribution < 1.29 is 14.6 Å². The number of anilines is 1. The lowest BCUT2D eigenvalue weighted by Gasteiger charge is -2.18. The van der Waals surface area contributed by atoms with Gasteiger partial charge in [0.1, 0.15) is 0 Å². The molecule has 0 radical (unpaired) electrons. The van der Waals surface area contributed by atoms with Crippen LogP contribution in [0.4, 0.5) is 5.69 Å². The molecule has 3 N–H and O–H groups in total. The second kappa shape index (κ2) is 7.35. The number of halogens is 1. The van der Waals surface area contributed by atoms with Crippen molar-refractivity contribution in [3.63, 3.8) is 0 Å². The van der Waals surface area contributed by atoms with E-state index in [-0.39, 0.29) is 19.1 Å². The van der Waals surface area contributed by atoms with E-state index in [9.17, 15) is 4.79 Å². The zero-order valence-corrected chi connectivity index (χ0v) is 11.8. The number of rotatable bonds is 6. The van der Waals surface area contributed by atoms with Crippen molar-refractivity contribution in [1.82, 2.24) is 4.90 Å². The van der Waals surface area contributed by atoms with Crippen molar-refractivity contribution in [3.05, 3.63) is 28.2 Å². The summed E-state index contributed by atoms with van der Waals surface area (Å²) in [6, 6.07) is 5.17. The van der Waals surface area contributed by atoms with E-state index in [4.69, 9.17) is 15.6 Å². The summed E-state index contributed by atoms with van der Waals surface area (Å²) in [7, 11) is 1.69. The molecule has 18 heavy (non-hydrogen) atoms. The number of likely N-dealkylation sites (N-methyl/N-ethyl adjacent to an activating group) is 1. The molecule has 0 aliphatic carbocycles. The van der Waals surface area contributed by atoms with Gasteiger partial charge in [-0.25, -0.2) is 0 Å². The summed E-state index contributed by atoms with van der Waals surface area (Å²) in [5.41, 5.74) is 6.69. The van der Waals surface area contributed by atoms with Crippen LogP contribution >= 0.6 is 15.9 Å². The van der Waals surface area contributed by atoms with E-state index in [2.05, 4.69) is 15.9 Å². The van der Waals surface area contributed by atoms with Crippen molar-refractivity contribution in [3.8, 4) is 0 Å². The number of nitrogens with zero attached hydrogens (tertiary/aromatic N) is 1. The van der Waals surface area contributed by atoms with E-state index in [0.717, 1.165) is 4.47 Å². The summed E-state index contributed by atoms with van der Waals surface area (Å²) in [6.45, 7) is 1.10. The van der Waals surface area contributed by atoms with E-state index in [0.29, 0.717) is 24.4 Å². The lowest BCUT2D eigenvalue weighted by molar-refractivity contribution is 0.0619. The number of aliphatic hydroxyl groups excluding tert-OH is 1. The van der Waals surface area contributed by atoms with Crippen LogP contribution in [0.1, 0.15) is 10.4 Å². The molecule has 100 valence electrons. The molecule has 5 nitrogen and oxygen atoms in total. The first-order valence-electron chi connectivity index (χ1n) is 5.55. The van der Waals surface area contributed by atoms with Gasteiger partial charge in [0.15, 0.2) is 0 Å². The van der Waals surface area contributed by atoms with Gasteiger partial charge in [0.05, 0.1) is 25.4 Å². The summed E-state index contributed by atoms with van der Waals surface area (Å²) in [4.78, 5) is 13.6. The van der Waals surface area contributed by atoms with Gasteiger partial charge in [0.2, 0.25) is 0 Å². The number of hydrogen-bond donors (Lipinski definition) is 2. The fourth-order valence-electron chi connectivity index (χ4n) is 1.39. The largest absolute Gasteiger partial charge is 0.398 e. The maximum absolute atomic E-state index is 12.1. The first-order chi connectivity index (χ1) is 8.56. The van der Waals surface area contributed by atoms with Crippen LogP contribution in [0.15, 0.2) is 22.7 Å². The van der Waals surface area contributed by atoms with Crippen LogP contribution in [-0.2, 0) is 4.74 Å². The van der Waals surface area contributed by atoms with Crippen molar-refractivity contribution in [2.45, 2.75) is 0 Å². The van der Waals surface area contributed by atoms with E-state index >= 15 is 0 Å². The van der Waals surface area contributed by atoms with Crippen molar-refractivity contribution in [1.29, 1.82) is 0 Å². The molecular formula is C12H17BrN2O3. The third-order valence-corrected chi connectivity index (χ3v) is 2.89. The average molecular weight is 317 g/mol. The van der Waals surface area contributed by atoms with Crippen LogP contribution in [-0.4, -0.2) is 49.3 Å². The van der Waals surface area contributed by atoms with Crippen LogP contribution in [0.3, 0.4) is 0 Å². The number of hydrogen-bond acceptors (Lipinski definition) is 4. The van der Waals surface area contributed by atoms with Gasteiger partial charge in [-0.15, -0.1) is 0 Å². The first-order valence-corrected chi connectivity index (χ1v) is 6.34. The highest BCUT2D eigenvalue weighted by molar-refractivity contribution is 9.10. The van der Waals surface area contributed by atoms with Gasteiger partial charge in [-0.3, -0.25) is 4.79 Å². The Hall–Kier alpha value is -1.11. The molecule has 0 aliphatic rings. The molecule has 0 aliphatic heterocycles. The second-order valence-electron chi connectivity index (χ2n) is 3.79. The maximum atomic E-state index is 12.1. The molecule has 0 saturated heterocycles. The number of benzene rings is 1. The maximum Gasteiger partial charge on any atom is 0.255 e. The van der Waals surface area contributed by atoms with E-state index in [1.54, 1.807) is 25.2 Å². The molecule has 1 aromatic rings. The highest BCUT2D eigenvalue weighted by Crippen LogP contribution is 2.19. The van der Waals surface area contributed by atoms with Gasteiger partial charge in [-0.1, -0.05) is 15.9 Å². The molecule has 1 aromatic carbocycles. The smallest absolute Gasteiger partial charge is 0.255 e. The molecule has 0 saturated carbocycles. The second-order valence-corrected chi connectivity index (χ2v) is 4.71. The number of nitrogens with two attached hydrogens (primary N) is 1. The Balaban J connectivity index is 2.60. The SMILES string of the molecule is CN(CCOCCO)C(=O)c1cc(Br)ccc1N. The first kappa shape index (κ1) is 14.9. The molecule has 0 spiro atoms. The molecule has 0 aromatic heterocycles. The molecule has 1 amide bonds. The Bertz CT molecular complexity index is 412. The normalized spacial score (nSPS) is 10.4. The van der Waals surface area contributed by atoms with Gasteiger partial charge < -0.3 is 20.5 Å². The third-order valence-electron chi connectivity index (χ3n) is 2.40. The minimum atomic E-state index is -0.151. The molecule has 0 fully saturated rings. The number of amides is 1. The topological polar surface area (TPSA) is 75.8 Å². The predicted octanol–water partition coefficient (Wildman–Crippen LogP) is 1.11. The van der Waals surface area contributed by atoms with Crippen molar-refractivity contribution >= 4 is 27.5 Å². The van der Waals surface area contributed by atoms with Crippen LogP contribution < -0.4 is 5.73 Å². The number of aliphatic hydroxyl groups is 1. The summed E-state index contributed by atoms with van der Waals surface area (Å²) in [6.07, 6.45) is 0. The van der Waals surface area contributed by atoms with Gasteiger partial charge >= 0.3 is 0 Å². The molecule has 0 unspecified atom stereocenters. The van der Waals surface area contributed by atoms with E-state index < -0.39 is 0 Å². The summed E-state index contributed by atoms with van der Waals surface area (Å²) in [5, 5.41) is 8.56. The molecule has 1 rings (SSSR count). The van der Waals surface area contributed by atoms with Crippen LogP contribution in [0, 0.1) is 0 Å². The highest BCUT2D eigenvalue weighted by atomic mass is 79.9. The van der Waals surface area contributed by atoms with E-state index in [1.165, 1.54) is 4.90 Å². The van der Waals surface area contributed by atoms with Gasteiger partial charge in [-0.2, -0.15) is 0 Å². The molecule has 0 bridgehead atoms. The molecule has 6 heteroatoms. The van der Waals surface area contributed by atoms with Gasteiger partial charge in [0, 0.05) is 23.8 Å². The lowest BCUT2D eigenvalue weighted by Crippen LogP contribution is -2.31. The summed E-state index contributed by atoms with van der Waals surface area (Å²) < 4.78 is 5.92. The van der Waals surface area contributed by atoms with Gasteiger partial charge in [0.25, 0.3) is 5.91 Å². The number of carbonyl (C=O) groups excluding carboxylic acids is 1. The minimum Gasteiger partial charge on any atom is -0.398 e. The number of nitrogen functional groups attached to an aromatic ring is 1. The molecule has 0 atom stereocenters. The Kier molecular flexibility index (Phi) is 6.11. The van der Waals surface area contributed by atoms with Crippen molar-refractivity contribution in [2.24, 2.45) is 0 Å². The molecule has 0 heterocycles. The Morgan fingerprint density at radius 3 is 2.89 bits per heavy atom. The van der Waals surface area contributed by atoms with E-state index in [1.807, 2.05) is 0 Å². The van der Waals surface area contributed by atoms with Crippen molar-refractivity contribution in [2.75, 3.05) is 39.1 Å². The number of ether oxygens (including phenoxy) is 1. The lowest BCUT2D eigenvalue weighted by atomic mass is 10.1. The summed E-state index contributed by atoms with van der Waals surface area (Å²) >= 11 is 3.31. The standard InChI is InChI=1S/C12H17BrN2O3/c1-15(4-6-18-7-5-16)12(17)10-8-9(13)2-3-11(10)14/h2-3,8,16H,4-7,14H2,1H3. The number of carbonyl (C=O) groups is 1. The predicted molar refractivity (Wildman–Crippen MR) is 73.4 cm³/mol. The quantitative estimate of drug-likeness (QED) is 0.609. The Labute approximate surface area is 115 Å². The van der Waals surface area contributed by atoms with Gasteiger partial charge in [-0.05, 0) is 18.2 Å².